The van der Waals surface area contributed by atoms with E-state index in [-0.39, 0.29) is 6.10 Å². The van der Waals surface area contributed by atoms with E-state index in [2.05, 4.69) is 35.1 Å². The Labute approximate surface area is 94.8 Å². The first-order chi connectivity index (χ1) is 7.86. The van der Waals surface area contributed by atoms with Gasteiger partial charge in [0.15, 0.2) is 0 Å². The molecule has 1 fully saturated rings. The third-order valence-electron chi connectivity index (χ3n) is 3.21. The predicted octanol–water partition coefficient (Wildman–Crippen LogP) is 2.98. The first-order valence-electron chi connectivity index (χ1n) is 5.97. The van der Waals surface area contributed by atoms with Gasteiger partial charge in [-0.25, -0.2) is 4.98 Å². The van der Waals surface area contributed by atoms with Gasteiger partial charge in [-0.15, -0.1) is 0 Å². The molecule has 1 N–H and O–H groups in total. The summed E-state index contributed by atoms with van der Waals surface area (Å²) in [6.45, 7) is 3.03. The van der Waals surface area contributed by atoms with E-state index in [0.717, 1.165) is 42.7 Å². The van der Waals surface area contributed by atoms with E-state index in [1.54, 1.807) is 0 Å². The summed E-state index contributed by atoms with van der Waals surface area (Å²) in [6, 6.07) is 6.41. The molecule has 16 heavy (non-hydrogen) atoms. The smallest absolute Gasteiger partial charge is 0.136 e. The van der Waals surface area contributed by atoms with E-state index in [1.165, 1.54) is 5.56 Å². The van der Waals surface area contributed by atoms with Crippen molar-refractivity contribution < 1.29 is 4.74 Å². The van der Waals surface area contributed by atoms with Crippen LogP contribution in [0.15, 0.2) is 18.2 Å². The second-order valence-electron chi connectivity index (χ2n) is 4.33. The quantitative estimate of drug-likeness (QED) is 0.838. The lowest BCUT2D eigenvalue weighted by Gasteiger charge is -2.03. The zero-order valence-corrected chi connectivity index (χ0v) is 9.49. The standard InChI is InChI=1S/C13H16N2O/c1-2-9-5-6-10-11(8-9)15-13(14-10)12-4-3-7-16-12/h5-6,8,12H,2-4,7H2,1H3,(H,14,15). The normalized spacial score (nSPS) is 20.7. The minimum Gasteiger partial charge on any atom is -0.370 e. The average molecular weight is 216 g/mol. The summed E-state index contributed by atoms with van der Waals surface area (Å²) in [4.78, 5) is 7.97. The van der Waals surface area contributed by atoms with Crippen LogP contribution in [0.4, 0.5) is 0 Å². The van der Waals surface area contributed by atoms with Gasteiger partial charge in [-0.2, -0.15) is 0 Å². The summed E-state index contributed by atoms with van der Waals surface area (Å²) < 4.78 is 5.63. The van der Waals surface area contributed by atoms with Gasteiger partial charge in [0.1, 0.15) is 11.9 Å². The van der Waals surface area contributed by atoms with Crippen LogP contribution in [0.5, 0.6) is 0 Å². The number of aryl methyl sites for hydroxylation is 1. The van der Waals surface area contributed by atoms with Crippen molar-refractivity contribution in [1.29, 1.82) is 0 Å². The molecule has 1 unspecified atom stereocenters. The number of rotatable bonds is 2. The molecule has 1 aromatic heterocycles. The maximum absolute atomic E-state index is 5.63. The number of nitrogens with zero attached hydrogens (tertiary/aromatic N) is 1. The zero-order valence-electron chi connectivity index (χ0n) is 9.49. The second-order valence-corrected chi connectivity index (χ2v) is 4.33. The van der Waals surface area contributed by atoms with Crippen LogP contribution in [0.1, 0.15) is 37.3 Å². The summed E-state index contributed by atoms with van der Waals surface area (Å²) in [5.41, 5.74) is 3.52. The topological polar surface area (TPSA) is 37.9 Å². The number of aromatic nitrogens is 2. The molecule has 2 aromatic rings. The predicted molar refractivity (Wildman–Crippen MR) is 63.4 cm³/mol. The number of hydrogen-bond acceptors (Lipinski definition) is 2. The van der Waals surface area contributed by atoms with Crippen LogP contribution in [-0.4, -0.2) is 16.6 Å². The Bertz CT molecular complexity index is 498. The summed E-state index contributed by atoms with van der Waals surface area (Å²) in [5.74, 6) is 0.987. The maximum Gasteiger partial charge on any atom is 0.136 e. The van der Waals surface area contributed by atoms with Crippen molar-refractivity contribution in [3.8, 4) is 0 Å². The molecule has 0 radical (unpaired) electrons. The van der Waals surface area contributed by atoms with Crippen LogP contribution < -0.4 is 0 Å². The Kier molecular flexibility index (Phi) is 2.40. The van der Waals surface area contributed by atoms with E-state index < -0.39 is 0 Å². The molecule has 84 valence electrons. The van der Waals surface area contributed by atoms with Gasteiger partial charge in [-0.3, -0.25) is 0 Å². The Morgan fingerprint density at radius 2 is 2.44 bits per heavy atom. The number of H-pyrrole nitrogens is 1. The lowest BCUT2D eigenvalue weighted by molar-refractivity contribution is 0.106. The first kappa shape index (κ1) is 9.85. The van der Waals surface area contributed by atoms with Crippen molar-refractivity contribution in [3.63, 3.8) is 0 Å². The minimum absolute atomic E-state index is 0.178. The summed E-state index contributed by atoms with van der Waals surface area (Å²) in [5, 5.41) is 0. The average Bonchev–Trinajstić information content (AvgIpc) is 2.96. The fourth-order valence-corrected chi connectivity index (χ4v) is 2.24. The van der Waals surface area contributed by atoms with Gasteiger partial charge in [0.25, 0.3) is 0 Å². The van der Waals surface area contributed by atoms with Crippen LogP contribution in [0.3, 0.4) is 0 Å². The van der Waals surface area contributed by atoms with E-state index in [1.807, 2.05) is 0 Å². The molecule has 1 aliphatic heterocycles. The Morgan fingerprint density at radius 3 is 3.19 bits per heavy atom. The van der Waals surface area contributed by atoms with Crippen LogP contribution in [0.25, 0.3) is 11.0 Å². The summed E-state index contributed by atoms with van der Waals surface area (Å²) in [6.07, 6.45) is 3.46. The van der Waals surface area contributed by atoms with Crippen LogP contribution >= 0.6 is 0 Å². The maximum atomic E-state index is 5.63. The SMILES string of the molecule is CCc1ccc2nc(C3CCCO3)[nH]c2c1. The lowest BCUT2D eigenvalue weighted by Crippen LogP contribution is -1.97. The molecule has 0 saturated carbocycles. The molecule has 1 aliphatic rings. The van der Waals surface area contributed by atoms with E-state index in [4.69, 9.17) is 4.74 Å². The highest BCUT2D eigenvalue weighted by Crippen LogP contribution is 2.28. The van der Waals surface area contributed by atoms with Gasteiger partial charge in [-0.1, -0.05) is 13.0 Å². The molecule has 1 saturated heterocycles. The molecule has 2 heterocycles. The molecule has 3 nitrogen and oxygen atoms in total. The summed E-state index contributed by atoms with van der Waals surface area (Å²) in [7, 11) is 0. The van der Waals surface area contributed by atoms with Gasteiger partial charge in [0, 0.05) is 6.61 Å². The molecule has 1 atom stereocenters. The van der Waals surface area contributed by atoms with Gasteiger partial charge in [0.2, 0.25) is 0 Å². The largest absolute Gasteiger partial charge is 0.370 e. The van der Waals surface area contributed by atoms with Crippen LogP contribution in [0, 0.1) is 0 Å². The molecule has 0 aliphatic carbocycles. The van der Waals surface area contributed by atoms with Crippen LogP contribution in [0.2, 0.25) is 0 Å². The van der Waals surface area contributed by atoms with E-state index >= 15 is 0 Å². The number of nitrogens with one attached hydrogen (secondary N) is 1. The zero-order chi connectivity index (χ0) is 11.0. The summed E-state index contributed by atoms with van der Waals surface area (Å²) >= 11 is 0. The highest BCUT2D eigenvalue weighted by atomic mass is 16.5. The molecule has 0 spiro atoms. The van der Waals surface area contributed by atoms with Gasteiger partial charge >= 0.3 is 0 Å². The first-order valence-corrected chi connectivity index (χ1v) is 5.97. The molecule has 0 amide bonds. The van der Waals surface area contributed by atoms with Gasteiger partial charge < -0.3 is 9.72 Å². The second kappa shape index (κ2) is 3.91. The van der Waals surface area contributed by atoms with E-state index in [0.29, 0.717) is 0 Å². The van der Waals surface area contributed by atoms with Crippen molar-refractivity contribution in [2.75, 3.05) is 6.61 Å². The number of fused-ring (bicyclic) bond motifs is 1. The number of imidazole rings is 1. The third kappa shape index (κ3) is 1.61. The number of aromatic amines is 1. The van der Waals surface area contributed by atoms with Crippen molar-refractivity contribution in [2.45, 2.75) is 32.3 Å². The molecular weight excluding hydrogens is 200 g/mol. The van der Waals surface area contributed by atoms with Crippen molar-refractivity contribution in [3.05, 3.63) is 29.6 Å². The highest BCUT2D eigenvalue weighted by molar-refractivity contribution is 5.75. The number of hydrogen-bond donors (Lipinski definition) is 1. The lowest BCUT2D eigenvalue weighted by atomic mass is 10.1. The van der Waals surface area contributed by atoms with Crippen molar-refractivity contribution >= 4 is 11.0 Å². The molecule has 3 rings (SSSR count). The van der Waals surface area contributed by atoms with Gasteiger partial charge in [-0.05, 0) is 37.0 Å². The Morgan fingerprint density at radius 1 is 1.50 bits per heavy atom. The fourth-order valence-electron chi connectivity index (χ4n) is 2.24. The molecule has 0 bridgehead atoms. The fraction of sp³-hybridized carbons (Fsp3) is 0.462. The molecule has 3 heteroatoms. The third-order valence-corrected chi connectivity index (χ3v) is 3.21. The van der Waals surface area contributed by atoms with Crippen molar-refractivity contribution in [1.82, 2.24) is 9.97 Å². The van der Waals surface area contributed by atoms with Gasteiger partial charge in [0.05, 0.1) is 11.0 Å². The molecule has 1 aromatic carbocycles. The Hall–Kier alpha value is -1.35. The van der Waals surface area contributed by atoms with Crippen molar-refractivity contribution in [2.24, 2.45) is 0 Å². The van der Waals surface area contributed by atoms with E-state index in [9.17, 15) is 0 Å². The minimum atomic E-state index is 0.178. The highest BCUT2D eigenvalue weighted by Gasteiger charge is 2.20. The number of ether oxygens (including phenoxy) is 1. The van der Waals surface area contributed by atoms with Crippen LogP contribution in [-0.2, 0) is 11.2 Å². The molecular formula is C13H16N2O. The monoisotopic (exact) mass is 216 g/mol. The Balaban J connectivity index is 2.01. The number of benzene rings is 1.